The van der Waals surface area contributed by atoms with Crippen LogP contribution in [0.4, 0.5) is 0 Å². The van der Waals surface area contributed by atoms with Gasteiger partial charge in [0.1, 0.15) is 24.4 Å². The molecule has 0 saturated carbocycles. The van der Waals surface area contributed by atoms with Gasteiger partial charge in [-0.1, -0.05) is 57.6 Å². The van der Waals surface area contributed by atoms with Gasteiger partial charge in [0.15, 0.2) is 0 Å². The van der Waals surface area contributed by atoms with Gasteiger partial charge in [0, 0.05) is 6.61 Å². The van der Waals surface area contributed by atoms with Crippen molar-refractivity contribution >= 4 is 0 Å². The van der Waals surface area contributed by atoms with Crippen molar-refractivity contribution in [2.45, 2.75) is 102 Å². The Kier molecular flexibility index (Phi) is 14.1. The topological polar surface area (TPSA) is 79.2 Å². The zero-order valence-electron chi connectivity index (χ0n) is 16.5. The summed E-state index contributed by atoms with van der Waals surface area (Å²) in [4.78, 5) is 0. The lowest BCUT2D eigenvalue weighted by atomic mass is 10.1. The van der Waals surface area contributed by atoms with Crippen LogP contribution in [0.5, 0.6) is 0 Å². The Morgan fingerprint density at radius 2 is 1.58 bits per heavy atom. The molecule has 1 aliphatic heterocycles. The monoisotopic (exact) mass is 372 g/mol. The van der Waals surface area contributed by atoms with Crippen LogP contribution in [-0.4, -0.2) is 59.6 Å². The molecular formula is C21H40O5. The average molecular weight is 373 g/mol. The molecule has 1 heterocycles. The standard InChI is InChI=1S/C21H40O5/c1-2-3-4-5-6-7-8-9-10-11-12-13-14-15-25-16-19(23)21-20(24)18(22)17-26-21/h8-9,18-24H,2-7,10-17H2,1H3/b9-8+/t18-,19+,20-,21-/m0/s1. The molecule has 0 spiro atoms. The van der Waals surface area contributed by atoms with Crippen molar-refractivity contribution in [1.82, 2.24) is 0 Å². The number of hydrogen-bond acceptors (Lipinski definition) is 5. The lowest BCUT2D eigenvalue weighted by Gasteiger charge is -2.20. The van der Waals surface area contributed by atoms with Gasteiger partial charge in [-0.15, -0.1) is 0 Å². The normalized spacial score (nSPS) is 24.5. The van der Waals surface area contributed by atoms with Crippen molar-refractivity contribution in [3.63, 3.8) is 0 Å². The van der Waals surface area contributed by atoms with E-state index in [0.717, 1.165) is 19.3 Å². The summed E-state index contributed by atoms with van der Waals surface area (Å²) in [6, 6.07) is 0. The van der Waals surface area contributed by atoms with E-state index in [0.29, 0.717) is 6.61 Å². The number of aliphatic hydroxyl groups is 3. The summed E-state index contributed by atoms with van der Waals surface area (Å²) in [5, 5.41) is 29.0. The quantitative estimate of drug-likeness (QED) is 0.286. The van der Waals surface area contributed by atoms with Crippen LogP contribution in [0.2, 0.25) is 0 Å². The highest BCUT2D eigenvalue weighted by Gasteiger charge is 2.39. The third-order valence-corrected chi connectivity index (χ3v) is 4.91. The fraction of sp³-hybridized carbons (Fsp3) is 0.905. The fourth-order valence-corrected chi connectivity index (χ4v) is 3.18. The second-order valence-corrected chi connectivity index (χ2v) is 7.38. The maximum Gasteiger partial charge on any atom is 0.114 e. The molecule has 1 aliphatic rings. The number of ether oxygens (including phenoxy) is 2. The second-order valence-electron chi connectivity index (χ2n) is 7.38. The Bertz CT molecular complexity index is 347. The molecule has 154 valence electrons. The number of aliphatic hydroxyl groups excluding tert-OH is 3. The summed E-state index contributed by atoms with van der Waals surface area (Å²) in [6.07, 6.45) is 14.7. The van der Waals surface area contributed by atoms with Gasteiger partial charge in [-0.2, -0.15) is 0 Å². The average Bonchev–Trinajstić information content (AvgIpc) is 2.97. The van der Waals surface area contributed by atoms with E-state index in [-0.39, 0.29) is 13.2 Å². The van der Waals surface area contributed by atoms with Gasteiger partial charge in [0.05, 0.1) is 13.2 Å². The zero-order valence-corrected chi connectivity index (χ0v) is 16.5. The van der Waals surface area contributed by atoms with Crippen LogP contribution in [0.3, 0.4) is 0 Å². The van der Waals surface area contributed by atoms with E-state index >= 15 is 0 Å². The van der Waals surface area contributed by atoms with Gasteiger partial charge in [-0.05, 0) is 32.1 Å². The van der Waals surface area contributed by atoms with Crippen LogP contribution in [0.1, 0.15) is 77.6 Å². The fourth-order valence-electron chi connectivity index (χ4n) is 3.18. The molecule has 0 aromatic heterocycles. The molecule has 0 bridgehead atoms. The number of allylic oxidation sites excluding steroid dienone is 2. The molecule has 0 radical (unpaired) electrons. The van der Waals surface area contributed by atoms with Crippen LogP contribution >= 0.6 is 0 Å². The smallest absolute Gasteiger partial charge is 0.114 e. The largest absolute Gasteiger partial charge is 0.388 e. The molecule has 5 nitrogen and oxygen atoms in total. The maximum atomic E-state index is 9.91. The number of rotatable bonds is 16. The summed E-state index contributed by atoms with van der Waals surface area (Å²) >= 11 is 0. The highest BCUT2D eigenvalue weighted by Crippen LogP contribution is 2.18. The summed E-state index contributed by atoms with van der Waals surface area (Å²) in [6.45, 7) is 3.06. The van der Waals surface area contributed by atoms with E-state index in [2.05, 4.69) is 19.1 Å². The highest BCUT2D eigenvalue weighted by atomic mass is 16.5. The molecule has 4 atom stereocenters. The van der Waals surface area contributed by atoms with Crippen molar-refractivity contribution in [2.24, 2.45) is 0 Å². The Labute approximate surface area is 159 Å². The van der Waals surface area contributed by atoms with Crippen molar-refractivity contribution in [2.75, 3.05) is 19.8 Å². The Hall–Kier alpha value is -0.460. The minimum absolute atomic E-state index is 0.0657. The molecule has 0 aromatic rings. The second kappa shape index (κ2) is 15.6. The molecule has 1 saturated heterocycles. The Morgan fingerprint density at radius 3 is 2.15 bits per heavy atom. The Balaban J connectivity index is 1.83. The molecule has 1 fully saturated rings. The summed E-state index contributed by atoms with van der Waals surface area (Å²) < 4.78 is 10.6. The first kappa shape index (κ1) is 23.6. The van der Waals surface area contributed by atoms with Crippen LogP contribution < -0.4 is 0 Å². The molecule has 3 N–H and O–H groups in total. The molecule has 0 aliphatic carbocycles. The van der Waals surface area contributed by atoms with Gasteiger partial charge in [-0.25, -0.2) is 0 Å². The lowest BCUT2D eigenvalue weighted by Crippen LogP contribution is -2.40. The molecule has 26 heavy (non-hydrogen) atoms. The predicted molar refractivity (Wildman–Crippen MR) is 104 cm³/mol. The molecule has 0 unspecified atom stereocenters. The van der Waals surface area contributed by atoms with E-state index in [9.17, 15) is 15.3 Å². The van der Waals surface area contributed by atoms with Crippen molar-refractivity contribution < 1.29 is 24.8 Å². The first-order chi connectivity index (χ1) is 12.7. The van der Waals surface area contributed by atoms with E-state index in [4.69, 9.17) is 9.47 Å². The maximum absolute atomic E-state index is 9.91. The predicted octanol–water partition coefficient (Wildman–Crippen LogP) is 3.35. The van der Waals surface area contributed by atoms with Gasteiger partial charge in [-0.3, -0.25) is 0 Å². The van der Waals surface area contributed by atoms with Gasteiger partial charge < -0.3 is 24.8 Å². The minimum atomic E-state index is -1.03. The third-order valence-electron chi connectivity index (χ3n) is 4.91. The van der Waals surface area contributed by atoms with Crippen LogP contribution in [-0.2, 0) is 9.47 Å². The van der Waals surface area contributed by atoms with Crippen LogP contribution in [0.25, 0.3) is 0 Å². The van der Waals surface area contributed by atoms with Crippen molar-refractivity contribution in [3.05, 3.63) is 12.2 Å². The first-order valence-electron chi connectivity index (χ1n) is 10.5. The lowest BCUT2D eigenvalue weighted by molar-refractivity contribution is -0.0813. The highest BCUT2D eigenvalue weighted by molar-refractivity contribution is 4.87. The third kappa shape index (κ3) is 10.6. The van der Waals surface area contributed by atoms with E-state index < -0.39 is 24.4 Å². The number of unbranched alkanes of at least 4 members (excludes halogenated alkanes) is 9. The van der Waals surface area contributed by atoms with Gasteiger partial charge in [0.2, 0.25) is 0 Å². The van der Waals surface area contributed by atoms with E-state index in [1.54, 1.807) is 0 Å². The SMILES string of the molecule is CCCCCCC/C=C/CCCCCCOC[C@@H](O)[C@@H]1OC[C@H](O)[C@@H]1O. The molecule has 0 aromatic carbocycles. The summed E-state index contributed by atoms with van der Waals surface area (Å²) in [7, 11) is 0. The molecule has 5 heteroatoms. The molecule has 1 rings (SSSR count). The summed E-state index contributed by atoms with van der Waals surface area (Å²) in [5.74, 6) is 0. The van der Waals surface area contributed by atoms with Gasteiger partial charge in [0.25, 0.3) is 0 Å². The van der Waals surface area contributed by atoms with Crippen molar-refractivity contribution in [1.29, 1.82) is 0 Å². The van der Waals surface area contributed by atoms with Crippen LogP contribution in [0.15, 0.2) is 12.2 Å². The molecular weight excluding hydrogens is 332 g/mol. The van der Waals surface area contributed by atoms with Crippen molar-refractivity contribution in [3.8, 4) is 0 Å². The first-order valence-corrected chi connectivity index (χ1v) is 10.5. The number of hydrogen-bond donors (Lipinski definition) is 3. The zero-order chi connectivity index (χ0) is 19.0. The van der Waals surface area contributed by atoms with Gasteiger partial charge >= 0.3 is 0 Å². The van der Waals surface area contributed by atoms with E-state index in [1.165, 1.54) is 51.4 Å². The minimum Gasteiger partial charge on any atom is -0.388 e. The summed E-state index contributed by atoms with van der Waals surface area (Å²) in [5.41, 5.74) is 0. The molecule has 0 amide bonds. The van der Waals surface area contributed by atoms with Crippen LogP contribution in [0, 0.1) is 0 Å². The Morgan fingerprint density at radius 1 is 0.962 bits per heavy atom. The van der Waals surface area contributed by atoms with E-state index in [1.807, 2.05) is 0 Å².